The monoisotopic (exact) mass is 335 g/mol. The smallest absolute Gasteiger partial charge is 0.127 e. The summed E-state index contributed by atoms with van der Waals surface area (Å²) in [5, 5.41) is 3.30. The second-order valence-corrected chi connectivity index (χ2v) is 5.39. The first-order valence-electron chi connectivity index (χ1n) is 8.17. The van der Waals surface area contributed by atoms with E-state index in [2.05, 4.69) is 5.32 Å². The summed E-state index contributed by atoms with van der Waals surface area (Å²) in [5.41, 5.74) is 1.01. The minimum atomic E-state index is 0.566. The van der Waals surface area contributed by atoms with Crippen molar-refractivity contribution in [2.75, 3.05) is 25.6 Å². The molecule has 3 aromatic carbocycles. The highest BCUT2D eigenvalue weighted by atomic mass is 16.5. The van der Waals surface area contributed by atoms with Crippen LogP contribution in [0.15, 0.2) is 78.9 Å². The third-order valence-electron chi connectivity index (χ3n) is 3.57. The average Bonchev–Trinajstić information content (AvgIpc) is 2.67. The van der Waals surface area contributed by atoms with Crippen LogP contribution in [0.4, 0.5) is 5.69 Å². The standard InChI is InChI=1S/C21H21NO3/c1-23-21-9-5-6-17(16-21)22-14-15-24-18-10-12-20(13-11-18)25-19-7-3-2-4-8-19/h2-13,16,22H,14-15H2,1H3. The number of ether oxygens (including phenoxy) is 3. The van der Waals surface area contributed by atoms with Gasteiger partial charge in [-0.2, -0.15) is 0 Å². The fourth-order valence-electron chi connectivity index (χ4n) is 2.33. The summed E-state index contributed by atoms with van der Waals surface area (Å²) in [4.78, 5) is 0. The van der Waals surface area contributed by atoms with Gasteiger partial charge < -0.3 is 19.5 Å². The van der Waals surface area contributed by atoms with Gasteiger partial charge in [0.1, 0.15) is 29.6 Å². The molecule has 128 valence electrons. The first-order valence-corrected chi connectivity index (χ1v) is 8.17. The largest absolute Gasteiger partial charge is 0.497 e. The van der Waals surface area contributed by atoms with Crippen molar-refractivity contribution in [3.05, 3.63) is 78.9 Å². The van der Waals surface area contributed by atoms with Gasteiger partial charge in [-0.05, 0) is 48.5 Å². The van der Waals surface area contributed by atoms with E-state index in [4.69, 9.17) is 14.2 Å². The van der Waals surface area contributed by atoms with Gasteiger partial charge in [0, 0.05) is 18.3 Å². The summed E-state index contributed by atoms with van der Waals surface area (Å²) in [6.45, 7) is 1.27. The van der Waals surface area contributed by atoms with Crippen molar-refractivity contribution in [1.82, 2.24) is 0 Å². The van der Waals surface area contributed by atoms with Gasteiger partial charge in [0.25, 0.3) is 0 Å². The molecule has 0 fully saturated rings. The molecule has 0 heterocycles. The van der Waals surface area contributed by atoms with Crippen molar-refractivity contribution >= 4 is 5.69 Å². The molecule has 1 N–H and O–H groups in total. The van der Waals surface area contributed by atoms with Crippen LogP contribution < -0.4 is 19.5 Å². The van der Waals surface area contributed by atoms with Crippen molar-refractivity contribution in [3.8, 4) is 23.0 Å². The Balaban J connectivity index is 1.44. The summed E-state index contributed by atoms with van der Waals surface area (Å²) < 4.78 is 16.7. The number of rotatable bonds is 8. The van der Waals surface area contributed by atoms with Crippen molar-refractivity contribution < 1.29 is 14.2 Å². The molecule has 0 saturated heterocycles. The minimum absolute atomic E-state index is 0.566. The van der Waals surface area contributed by atoms with Gasteiger partial charge >= 0.3 is 0 Å². The molecule has 0 spiro atoms. The van der Waals surface area contributed by atoms with Gasteiger partial charge in [-0.25, -0.2) is 0 Å². The zero-order valence-corrected chi connectivity index (χ0v) is 14.1. The number of hydrogen-bond acceptors (Lipinski definition) is 4. The van der Waals surface area contributed by atoms with Crippen LogP contribution in [0.1, 0.15) is 0 Å². The maximum Gasteiger partial charge on any atom is 0.127 e. The number of hydrogen-bond donors (Lipinski definition) is 1. The fraction of sp³-hybridized carbons (Fsp3) is 0.143. The first kappa shape index (κ1) is 16.7. The van der Waals surface area contributed by atoms with E-state index >= 15 is 0 Å². The first-order chi connectivity index (χ1) is 12.3. The van der Waals surface area contributed by atoms with Crippen LogP contribution in [0.2, 0.25) is 0 Å². The number of anilines is 1. The SMILES string of the molecule is COc1cccc(NCCOc2ccc(Oc3ccccc3)cc2)c1. The van der Waals surface area contributed by atoms with E-state index in [0.717, 1.165) is 28.7 Å². The molecule has 3 rings (SSSR count). The second kappa shape index (κ2) is 8.64. The Hall–Kier alpha value is -3.14. The van der Waals surface area contributed by atoms with E-state index in [-0.39, 0.29) is 0 Å². The molecule has 0 aromatic heterocycles. The van der Waals surface area contributed by atoms with Crippen LogP contribution in [0.25, 0.3) is 0 Å². The molecular formula is C21H21NO3. The highest BCUT2D eigenvalue weighted by Crippen LogP contribution is 2.23. The Morgan fingerprint density at radius 1 is 0.720 bits per heavy atom. The van der Waals surface area contributed by atoms with Gasteiger partial charge in [-0.1, -0.05) is 24.3 Å². The van der Waals surface area contributed by atoms with Gasteiger partial charge in [-0.3, -0.25) is 0 Å². The van der Waals surface area contributed by atoms with Crippen molar-refractivity contribution in [2.24, 2.45) is 0 Å². The van der Waals surface area contributed by atoms with Crippen LogP contribution in [-0.4, -0.2) is 20.3 Å². The van der Waals surface area contributed by atoms with E-state index in [1.165, 1.54) is 0 Å². The third-order valence-corrected chi connectivity index (χ3v) is 3.57. The topological polar surface area (TPSA) is 39.7 Å². The van der Waals surface area contributed by atoms with Crippen LogP contribution >= 0.6 is 0 Å². The Labute approximate surface area is 148 Å². The normalized spacial score (nSPS) is 10.1. The predicted octanol–water partition coefficient (Wildman–Crippen LogP) is 4.98. The Kier molecular flexibility index (Phi) is 5.77. The summed E-state index contributed by atoms with van der Waals surface area (Å²) in [5.74, 6) is 3.25. The third kappa shape index (κ3) is 5.18. The molecule has 0 amide bonds. The number of benzene rings is 3. The van der Waals surface area contributed by atoms with Crippen LogP contribution in [0.3, 0.4) is 0 Å². The highest BCUT2D eigenvalue weighted by molar-refractivity contribution is 5.48. The lowest BCUT2D eigenvalue weighted by Crippen LogP contribution is -2.11. The zero-order valence-electron chi connectivity index (χ0n) is 14.1. The minimum Gasteiger partial charge on any atom is -0.497 e. The Bertz CT molecular complexity index is 773. The lowest BCUT2D eigenvalue weighted by Gasteiger charge is -2.10. The molecule has 4 nitrogen and oxygen atoms in total. The van der Waals surface area contributed by atoms with E-state index in [1.807, 2.05) is 78.9 Å². The molecule has 0 aliphatic carbocycles. The Morgan fingerprint density at radius 2 is 1.40 bits per heavy atom. The van der Waals surface area contributed by atoms with E-state index in [9.17, 15) is 0 Å². The number of methoxy groups -OCH3 is 1. The van der Waals surface area contributed by atoms with Crippen LogP contribution in [0, 0.1) is 0 Å². The summed E-state index contributed by atoms with van der Waals surface area (Å²) in [6.07, 6.45) is 0. The Morgan fingerprint density at radius 3 is 2.16 bits per heavy atom. The number of para-hydroxylation sites is 1. The molecule has 0 aliphatic rings. The summed E-state index contributed by atoms with van der Waals surface area (Å²) in [6, 6.07) is 25.1. The van der Waals surface area contributed by atoms with Crippen LogP contribution in [0.5, 0.6) is 23.0 Å². The molecular weight excluding hydrogens is 314 g/mol. The quantitative estimate of drug-likeness (QED) is 0.589. The molecule has 0 unspecified atom stereocenters. The fourth-order valence-corrected chi connectivity index (χ4v) is 2.33. The van der Waals surface area contributed by atoms with Gasteiger partial charge in [0.2, 0.25) is 0 Å². The van der Waals surface area contributed by atoms with Gasteiger partial charge in [0.15, 0.2) is 0 Å². The van der Waals surface area contributed by atoms with Crippen molar-refractivity contribution in [3.63, 3.8) is 0 Å². The van der Waals surface area contributed by atoms with Gasteiger partial charge in [-0.15, -0.1) is 0 Å². The zero-order chi connectivity index (χ0) is 17.3. The van der Waals surface area contributed by atoms with Gasteiger partial charge in [0.05, 0.1) is 7.11 Å². The number of nitrogens with one attached hydrogen (secondary N) is 1. The second-order valence-electron chi connectivity index (χ2n) is 5.39. The average molecular weight is 335 g/mol. The predicted molar refractivity (Wildman–Crippen MR) is 99.9 cm³/mol. The molecule has 0 bridgehead atoms. The van der Waals surface area contributed by atoms with E-state index in [1.54, 1.807) is 7.11 Å². The summed E-state index contributed by atoms with van der Waals surface area (Å²) >= 11 is 0. The molecule has 0 atom stereocenters. The summed E-state index contributed by atoms with van der Waals surface area (Å²) in [7, 11) is 1.66. The molecule has 4 heteroatoms. The molecule has 0 saturated carbocycles. The molecule has 3 aromatic rings. The maximum absolute atomic E-state index is 5.76. The van der Waals surface area contributed by atoms with Crippen molar-refractivity contribution in [2.45, 2.75) is 0 Å². The lowest BCUT2D eigenvalue weighted by atomic mass is 10.3. The molecule has 0 aliphatic heterocycles. The lowest BCUT2D eigenvalue weighted by molar-refractivity contribution is 0.332. The van der Waals surface area contributed by atoms with Crippen LogP contribution in [-0.2, 0) is 0 Å². The molecule has 25 heavy (non-hydrogen) atoms. The van der Waals surface area contributed by atoms with E-state index < -0.39 is 0 Å². The van der Waals surface area contributed by atoms with E-state index in [0.29, 0.717) is 13.2 Å². The highest BCUT2D eigenvalue weighted by Gasteiger charge is 1.99. The maximum atomic E-state index is 5.76. The van der Waals surface area contributed by atoms with Crippen molar-refractivity contribution in [1.29, 1.82) is 0 Å². The molecule has 0 radical (unpaired) electrons.